The van der Waals surface area contributed by atoms with Crippen LogP contribution in [0.15, 0.2) is 60.7 Å². The van der Waals surface area contributed by atoms with E-state index in [0.717, 1.165) is 5.56 Å². The zero-order chi connectivity index (χ0) is 17.1. The number of benzene rings is 2. The van der Waals surface area contributed by atoms with Crippen molar-refractivity contribution in [2.75, 3.05) is 4.90 Å². The van der Waals surface area contributed by atoms with Crippen LogP contribution in [0.4, 0.5) is 5.82 Å². The van der Waals surface area contributed by atoms with Gasteiger partial charge in [0.25, 0.3) is 0 Å². The van der Waals surface area contributed by atoms with Crippen molar-refractivity contribution in [2.45, 2.75) is 13.5 Å². The highest BCUT2D eigenvalue weighted by Gasteiger charge is 2.18. The molecule has 5 heteroatoms. The number of amides is 1. The van der Waals surface area contributed by atoms with Crippen LogP contribution in [0.25, 0.3) is 10.9 Å². The van der Waals surface area contributed by atoms with Gasteiger partial charge in [-0.15, -0.1) is 0 Å². The molecular weight excluding hydrogens is 304 g/mol. The van der Waals surface area contributed by atoms with Crippen molar-refractivity contribution >= 4 is 28.6 Å². The second-order valence-electron chi connectivity index (χ2n) is 5.44. The first-order chi connectivity index (χ1) is 11.6. The largest absolute Gasteiger partial charge is 0.478 e. The van der Waals surface area contributed by atoms with E-state index in [4.69, 9.17) is 0 Å². The van der Waals surface area contributed by atoms with E-state index in [1.54, 1.807) is 24.3 Å². The molecule has 1 heterocycles. The third kappa shape index (κ3) is 3.10. The summed E-state index contributed by atoms with van der Waals surface area (Å²) in [6.45, 7) is 1.78. The minimum absolute atomic E-state index is 0.134. The molecule has 0 unspecified atom stereocenters. The summed E-state index contributed by atoms with van der Waals surface area (Å²) in [5, 5.41) is 10.0. The highest BCUT2D eigenvalue weighted by Crippen LogP contribution is 2.24. The Morgan fingerprint density at radius 3 is 2.38 bits per heavy atom. The molecular formula is C19H16N2O3. The quantitative estimate of drug-likeness (QED) is 0.799. The summed E-state index contributed by atoms with van der Waals surface area (Å²) < 4.78 is 0. The summed E-state index contributed by atoms with van der Waals surface area (Å²) in [4.78, 5) is 29.6. The molecule has 3 aromatic rings. The number of para-hydroxylation sites is 1. The highest BCUT2D eigenvalue weighted by molar-refractivity contribution is 6.04. The SMILES string of the molecule is CC(=O)N(Cc1ccccc1)c1cc(C(=O)O)c2ccccc2n1. The summed E-state index contributed by atoms with van der Waals surface area (Å²) in [5.41, 5.74) is 1.63. The molecule has 0 aliphatic heterocycles. The van der Waals surface area contributed by atoms with E-state index in [2.05, 4.69) is 4.98 Å². The number of fused-ring (bicyclic) bond motifs is 1. The zero-order valence-corrected chi connectivity index (χ0v) is 13.1. The van der Waals surface area contributed by atoms with Crippen molar-refractivity contribution in [3.8, 4) is 0 Å². The Hall–Kier alpha value is -3.21. The van der Waals surface area contributed by atoms with Crippen LogP contribution < -0.4 is 4.90 Å². The molecule has 1 N–H and O–H groups in total. The predicted octanol–water partition coefficient (Wildman–Crippen LogP) is 3.49. The van der Waals surface area contributed by atoms with Gasteiger partial charge in [0, 0.05) is 12.3 Å². The van der Waals surface area contributed by atoms with Crippen LogP contribution in [0.1, 0.15) is 22.8 Å². The van der Waals surface area contributed by atoms with Crippen molar-refractivity contribution in [2.24, 2.45) is 0 Å². The number of aromatic carboxylic acids is 1. The average Bonchev–Trinajstić information content (AvgIpc) is 2.59. The number of rotatable bonds is 4. The maximum Gasteiger partial charge on any atom is 0.336 e. The second-order valence-corrected chi connectivity index (χ2v) is 5.44. The molecule has 3 rings (SSSR count). The third-order valence-electron chi connectivity index (χ3n) is 3.77. The number of nitrogens with zero attached hydrogens (tertiary/aromatic N) is 2. The van der Waals surface area contributed by atoms with E-state index in [0.29, 0.717) is 23.3 Å². The van der Waals surface area contributed by atoms with Gasteiger partial charge in [0.1, 0.15) is 5.82 Å². The summed E-state index contributed by atoms with van der Waals surface area (Å²) in [6, 6.07) is 18.0. The Morgan fingerprint density at radius 2 is 1.71 bits per heavy atom. The molecule has 0 spiro atoms. The van der Waals surface area contributed by atoms with Crippen molar-refractivity contribution in [1.29, 1.82) is 0 Å². The fourth-order valence-corrected chi connectivity index (χ4v) is 2.60. The van der Waals surface area contributed by atoms with Gasteiger partial charge in [0.15, 0.2) is 0 Å². The van der Waals surface area contributed by atoms with Crippen molar-refractivity contribution in [3.05, 3.63) is 71.8 Å². The molecule has 0 fully saturated rings. The summed E-state index contributed by atoms with van der Waals surface area (Å²) >= 11 is 0. The molecule has 120 valence electrons. The van der Waals surface area contributed by atoms with Crippen molar-refractivity contribution in [1.82, 2.24) is 4.98 Å². The predicted molar refractivity (Wildman–Crippen MR) is 92.0 cm³/mol. The van der Waals surface area contributed by atoms with Crippen LogP contribution in [-0.2, 0) is 11.3 Å². The fraction of sp³-hybridized carbons (Fsp3) is 0.105. The second kappa shape index (κ2) is 6.50. The monoisotopic (exact) mass is 320 g/mol. The Morgan fingerprint density at radius 1 is 1.04 bits per heavy atom. The first kappa shape index (κ1) is 15.7. The number of carbonyl (C=O) groups excluding carboxylic acids is 1. The van der Waals surface area contributed by atoms with Gasteiger partial charge in [0.2, 0.25) is 5.91 Å². The molecule has 24 heavy (non-hydrogen) atoms. The summed E-state index contributed by atoms with van der Waals surface area (Å²) in [5.74, 6) is -0.904. The Balaban J connectivity index is 2.11. The van der Waals surface area contributed by atoms with Gasteiger partial charge in [-0.2, -0.15) is 0 Å². The number of pyridine rings is 1. The van der Waals surface area contributed by atoms with E-state index in [-0.39, 0.29) is 11.5 Å². The maximum absolute atomic E-state index is 12.1. The maximum atomic E-state index is 12.1. The molecule has 0 saturated carbocycles. The van der Waals surface area contributed by atoms with Crippen LogP contribution in [-0.4, -0.2) is 22.0 Å². The smallest absolute Gasteiger partial charge is 0.336 e. The van der Waals surface area contributed by atoms with Crippen molar-refractivity contribution in [3.63, 3.8) is 0 Å². The Bertz CT molecular complexity index is 907. The van der Waals surface area contributed by atoms with Gasteiger partial charge >= 0.3 is 5.97 Å². The lowest BCUT2D eigenvalue weighted by Gasteiger charge is -2.21. The Labute approximate surface area is 139 Å². The number of carbonyl (C=O) groups is 2. The lowest BCUT2D eigenvalue weighted by molar-refractivity contribution is -0.116. The standard InChI is InChI=1S/C19H16N2O3/c1-13(22)21(12-14-7-3-2-4-8-14)18-11-16(19(23)24)15-9-5-6-10-17(15)20-18/h2-11H,12H2,1H3,(H,23,24). The Kier molecular flexibility index (Phi) is 4.24. The van der Waals surface area contributed by atoms with Gasteiger partial charge < -0.3 is 5.11 Å². The number of anilines is 1. The molecule has 0 aliphatic rings. The third-order valence-corrected chi connectivity index (χ3v) is 3.77. The van der Waals surface area contributed by atoms with Gasteiger partial charge in [-0.05, 0) is 17.7 Å². The number of aromatic nitrogens is 1. The van der Waals surface area contributed by atoms with Gasteiger partial charge in [0.05, 0.1) is 17.6 Å². The number of carboxylic acids is 1. The average molecular weight is 320 g/mol. The van der Waals surface area contributed by atoms with Crippen LogP contribution >= 0.6 is 0 Å². The molecule has 1 amide bonds. The van der Waals surface area contributed by atoms with Gasteiger partial charge in [-0.3, -0.25) is 9.69 Å². The van der Waals surface area contributed by atoms with Crippen LogP contribution in [0, 0.1) is 0 Å². The van der Waals surface area contributed by atoms with Gasteiger partial charge in [-0.1, -0.05) is 48.5 Å². The van der Waals surface area contributed by atoms with E-state index < -0.39 is 5.97 Å². The lowest BCUT2D eigenvalue weighted by atomic mass is 10.1. The minimum atomic E-state index is -1.04. The first-order valence-corrected chi connectivity index (χ1v) is 7.51. The molecule has 0 radical (unpaired) electrons. The number of carboxylic acid groups (broad SMARTS) is 1. The summed E-state index contributed by atoms with van der Waals surface area (Å²) in [7, 11) is 0. The van der Waals surface area contributed by atoms with Crippen LogP contribution in [0.3, 0.4) is 0 Å². The molecule has 0 aliphatic carbocycles. The number of hydrogen-bond acceptors (Lipinski definition) is 3. The van der Waals surface area contributed by atoms with Crippen molar-refractivity contribution < 1.29 is 14.7 Å². The van der Waals surface area contributed by atoms with Gasteiger partial charge in [-0.25, -0.2) is 9.78 Å². The van der Waals surface area contributed by atoms with E-state index in [1.807, 2.05) is 30.3 Å². The van der Waals surface area contributed by atoms with Crippen LogP contribution in [0.5, 0.6) is 0 Å². The lowest BCUT2D eigenvalue weighted by Crippen LogP contribution is -2.29. The fourth-order valence-electron chi connectivity index (χ4n) is 2.60. The zero-order valence-electron chi connectivity index (χ0n) is 13.1. The molecule has 0 bridgehead atoms. The molecule has 0 saturated heterocycles. The first-order valence-electron chi connectivity index (χ1n) is 7.51. The van der Waals surface area contributed by atoms with Crippen LogP contribution in [0.2, 0.25) is 0 Å². The van der Waals surface area contributed by atoms with E-state index in [1.165, 1.54) is 17.9 Å². The molecule has 0 atom stereocenters. The number of hydrogen-bond donors (Lipinski definition) is 1. The van der Waals surface area contributed by atoms with E-state index >= 15 is 0 Å². The minimum Gasteiger partial charge on any atom is -0.478 e. The topological polar surface area (TPSA) is 70.5 Å². The summed E-state index contributed by atoms with van der Waals surface area (Å²) in [6.07, 6.45) is 0. The molecule has 1 aromatic heterocycles. The van der Waals surface area contributed by atoms with E-state index in [9.17, 15) is 14.7 Å². The highest BCUT2D eigenvalue weighted by atomic mass is 16.4. The molecule has 2 aromatic carbocycles. The molecule has 5 nitrogen and oxygen atoms in total. The normalized spacial score (nSPS) is 10.5.